The average Bonchev–Trinajstić information content (AvgIpc) is 3.81. The Morgan fingerprint density at radius 3 is 2.69 bits per heavy atom. The molecule has 3 N–H and O–H groups in total. The highest BCUT2D eigenvalue weighted by atomic mass is 16.2. The van der Waals surface area contributed by atoms with E-state index in [1.165, 1.54) is 25.7 Å². The van der Waals surface area contributed by atoms with Crippen LogP contribution in [0.15, 0.2) is 30.5 Å². The smallest absolute Gasteiger partial charge is 0.270 e. The molecule has 0 bridgehead atoms. The fraction of sp³-hybridized carbons (Fsp3) is 0.556. The van der Waals surface area contributed by atoms with Crippen LogP contribution < -0.4 is 10.6 Å². The van der Waals surface area contributed by atoms with Gasteiger partial charge >= 0.3 is 0 Å². The van der Waals surface area contributed by atoms with Crippen molar-refractivity contribution in [1.82, 2.24) is 30.4 Å². The van der Waals surface area contributed by atoms with Crippen molar-refractivity contribution in [3.8, 4) is 0 Å². The topological polar surface area (TPSA) is 105 Å². The van der Waals surface area contributed by atoms with Crippen molar-refractivity contribution >= 4 is 22.8 Å². The fourth-order valence-corrected chi connectivity index (χ4v) is 6.39. The maximum atomic E-state index is 13.3. The minimum Gasteiger partial charge on any atom is -0.353 e. The number of carbonyl (C=O) groups is 2. The lowest BCUT2D eigenvalue weighted by atomic mass is 9.88. The molecule has 1 saturated heterocycles. The normalized spacial score (nSPS) is 26.1. The van der Waals surface area contributed by atoms with Gasteiger partial charge in [0.25, 0.3) is 5.91 Å². The molecule has 4 fully saturated rings. The molecular weight excluding hydrogens is 440 g/mol. The number of carbonyl (C=O) groups excluding carboxylic acids is 2. The lowest BCUT2D eigenvalue weighted by Gasteiger charge is -2.27. The van der Waals surface area contributed by atoms with Crippen LogP contribution in [0, 0.1) is 29.6 Å². The number of benzene rings is 1. The van der Waals surface area contributed by atoms with Gasteiger partial charge in [-0.25, -0.2) is 4.98 Å². The molecule has 35 heavy (non-hydrogen) atoms. The quantitative estimate of drug-likeness (QED) is 0.444. The Morgan fingerprint density at radius 1 is 1.20 bits per heavy atom. The fourth-order valence-electron chi connectivity index (χ4n) is 6.39. The van der Waals surface area contributed by atoms with Gasteiger partial charge in [-0.3, -0.25) is 14.3 Å². The van der Waals surface area contributed by atoms with Crippen LogP contribution in [0.2, 0.25) is 0 Å². The third-order valence-corrected chi connectivity index (χ3v) is 8.59. The maximum Gasteiger partial charge on any atom is 0.270 e. The van der Waals surface area contributed by atoms with Crippen molar-refractivity contribution in [2.24, 2.45) is 29.6 Å². The molecule has 3 unspecified atom stereocenters. The third-order valence-electron chi connectivity index (χ3n) is 8.59. The predicted molar refractivity (Wildman–Crippen MR) is 130 cm³/mol. The number of aromatic amines is 1. The summed E-state index contributed by atoms with van der Waals surface area (Å²) in [5.41, 5.74) is 3.64. The van der Waals surface area contributed by atoms with Gasteiger partial charge in [0.05, 0.1) is 17.1 Å². The minimum absolute atomic E-state index is 0.0874. The number of aromatic nitrogens is 4. The van der Waals surface area contributed by atoms with E-state index in [2.05, 4.69) is 38.9 Å². The van der Waals surface area contributed by atoms with Gasteiger partial charge in [0.15, 0.2) is 0 Å². The highest BCUT2D eigenvalue weighted by Gasteiger charge is 2.53. The largest absolute Gasteiger partial charge is 0.353 e. The van der Waals surface area contributed by atoms with E-state index in [9.17, 15) is 9.59 Å². The number of aryl methyl sites for hydroxylation is 1. The number of piperidine rings is 1. The number of fused-ring (bicyclic) bond motifs is 2. The summed E-state index contributed by atoms with van der Waals surface area (Å²) in [5, 5.41) is 10.7. The molecule has 4 atom stereocenters. The van der Waals surface area contributed by atoms with Crippen molar-refractivity contribution in [3.05, 3.63) is 47.5 Å². The number of nitrogens with one attached hydrogen (secondary N) is 3. The summed E-state index contributed by atoms with van der Waals surface area (Å²) in [4.78, 5) is 34.1. The molecule has 8 heteroatoms. The highest BCUT2D eigenvalue weighted by molar-refractivity contribution is 5.92. The Kier molecular flexibility index (Phi) is 4.79. The van der Waals surface area contributed by atoms with Crippen molar-refractivity contribution in [2.45, 2.75) is 64.1 Å². The van der Waals surface area contributed by atoms with Gasteiger partial charge in [-0.15, -0.1) is 0 Å². The van der Waals surface area contributed by atoms with Gasteiger partial charge in [0, 0.05) is 24.7 Å². The number of hydrogen-bond donors (Lipinski definition) is 3. The predicted octanol–water partition coefficient (Wildman–Crippen LogP) is 3.36. The van der Waals surface area contributed by atoms with E-state index < -0.39 is 0 Å². The van der Waals surface area contributed by atoms with Gasteiger partial charge in [-0.05, 0) is 92.9 Å². The molecular formula is C27H32N6O2. The van der Waals surface area contributed by atoms with Crippen LogP contribution in [-0.4, -0.2) is 37.6 Å². The Bertz CT molecular complexity index is 1290. The summed E-state index contributed by atoms with van der Waals surface area (Å²) in [6, 6.07) is 8.34. The Morgan fingerprint density at radius 2 is 2.00 bits per heavy atom. The van der Waals surface area contributed by atoms with Crippen molar-refractivity contribution in [3.63, 3.8) is 0 Å². The molecule has 7 rings (SSSR count). The molecule has 2 aromatic heterocycles. The molecule has 1 aromatic carbocycles. The Balaban J connectivity index is 1.19. The van der Waals surface area contributed by atoms with Crippen LogP contribution in [0.1, 0.15) is 66.9 Å². The number of amides is 2. The molecule has 3 aliphatic carbocycles. The first kappa shape index (κ1) is 21.1. The molecule has 3 heterocycles. The zero-order chi connectivity index (χ0) is 23.7. The first-order chi connectivity index (χ1) is 17.1. The van der Waals surface area contributed by atoms with Crippen LogP contribution >= 0.6 is 0 Å². The van der Waals surface area contributed by atoms with Crippen LogP contribution in [0.3, 0.4) is 0 Å². The molecule has 0 radical (unpaired) electrons. The first-order valence-electron chi connectivity index (χ1n) is 13.2. The second kappa shape index (κ2) is 7.93. The minimum atomic E-state index is -0.147. The monoisotopic (exact) mass is 472 g/mol. The van der Waals surface area contributed by atoms with Crippen molar-refractivity contribution in [2.75, 3.05) is 0 Å². The van der Waals surface area contributed by atoms with Crippen molar-refractivity contribution < 1.29 is 9.59 Å². The molecule has 182 valence electrons. The molecule has 3 saturated carbocycles. The second-order valence-electron chi connectivity index (χ2n) is 11.0. The molecule has 3 aromatic rings. The first-order valence-corrected chi connectivity index (χ1v) is 13.2. The van der Waals surface area contributed by atoms with E-state index >= 15 is 0 Å². The van der Waals surface area contributed by atoms with Gasteiger partial charge in [-0.1, -0.05) is 6.07 Å². The Labute approximate surface area is 204 Å². The van der Waals surface area contributed by atoms with Crippen LogP contribution in [-0.2, 0) is 17.8 Å². The van der Waals surface area contributed by atoms with Gasteiger partial charge in [0.2, 0.25) is 5.91 Å². The highest BCUT2D eigenvalue weighted by Crippen LogP contribution is 2.54. The van der Waals surface area contributed by atoms with Crippen LogP contribution in [0.5, 0.6) is 0 Å². The lowest BCUT2D eigenvalue weighted by molar-refractivity contribution is -0.123. The molecule has 8 nitrogen and oxygen atoms in total. The average molecular weight is 473 g/mol. The number of imidazole rings is 1. The third kappa shape index (κ3) is 3.83. The van der Waals surface area contributed by atoms with Crippen LogP contribution in [0.25, 0.3) is 11.0 Å². The van der Waals surface area contributed by atoms with E-state index in [1.807, 2.05) is 6.92 Å². The number of rotatable bonds is 9. The van der Waals surface area contributed by atoms with E-state index in [1.54, 1.807) is 16.9 Å². The maximum absolute atomic E-state index is 13.3. The molecule has 2 amide bonds. The SMILES string of the molecule is CCn1nccc1C(=O)N[C@H](c1nc2ccc(CC3C(=O)NC4CC43)cc2[nH]1)C(C1CC1)C1CC1. The summed E-state index contributed by atoms with van der Waals surface area (Å²) >= 11 is 0. The van der Waals surface area contributed by atoms with Gasteiger partial charge < -0.3 is 15.6 Å². The van der Waals surface area contributed by atoms with Gasteiger partial charge in [-0.2, -0.15) is 5.10 Å². The summed E-state index contributed by atoms with van der Waals surface area (Å²) in [5.74, 6) is 3.26. The van der Waals surface area contributed by atoms with E-state index in [0.29, 0.717) is 42.0 Å². The standard InChI is InChI=1S/C27H32N6O2/c1-2-33-22(9-10-28-33)27(35)32-24(23(15-4-5-15)16-6-7-16)25-29-19-8-3-14(12-21(19)30-25)11-18-17-13-20(17)31-26(18)34/h3,8-10,12,15-18,20,23-24H,2,4-7,11,13H2,1H3,(H,29,30)(H,31,34)(H,32,35)/t17?,18?,20?,24-/m0/s1. The number of hydrogen-bond acceptors (Lipinski definition) is 4. The summed E-state index contributed by atoms with van der Waals surface area (Å²) in [6.45, 7) is 2.65. The lowest BCUT2D eigenvalue weighted by Crippen LogP contribution is -2.37. The Hall–Kier alpha value is -3.16. The van der Waals surface area contributed by atoms with Crippen molar-refractivity contribution in [1.29, 1.82) is 0 Å². The van der Waals surface area contributed by atoms with Crippen LogP contribution in [0.4, 0.5) is 0 Å². The molecule has 0 spiro atoms. The summed E-state index contributed by atoms with van der Waals surface area (Å²) < 4.78 is 1.74. The van der Waals surface area contributed by atoms with E-state index in [4.69, 9.17) is 4.98 Å². The molecule has 1 aliphatic heterocycles. The summed E-state index contributed by atoms with van der Waals surface area (Å²) in [7, 11) is 0. The zero-order valence-electron chi connectivity index (χ0n) is 20.0. The number of H-pyrrole nitrogens is 1. The zero-order valence-corrected chi connectivity index (χ0v) is 20.0. The number of nitrogens with zero attached hydrogens (tertiary/aromatic N) is 3. The van der Waals surface area contributed by atoms with E-state index in [0.717, 1.165) is 35.3 Å². The van der Waals surface area contributed by atoms with E-state index in [-0.39, 0.29) is 23.8 Å². The molecule has 4 aliphatic rings. The van der Waals surface area contributed by atoms with Gasteiger partial charge in [0.1, 0.15) is 11.5 Å². The summed E-state index contributed by atoms with van der Waals surface area (Å²) in [6.07, 6.45) is 8.50. The second-order valence-corrected chi connectivity index (χ2v) is 11.0.